The standard InChI is InChI=1S/C15H20ClFN2/c1-3-11(4-2)10-19-14-9-12(17)5-6-13(14)18-15(19)7-8-16/h5-6,9,11H,3-4,7-8,10H2,1-2H3. The first-order valence-electron chi connectivity index (χ1n) is 6.90. The smallest absolute Gasteiger partial charge is 0.125 e. The zero-order chi connectivity index (χ0) is 13.8. The first-order chi connectivity index (χ1) is 9.19. The minimum Gasteiger partial charge on any atom is -0.328 e. The van der Waals surface area contributed by atoms with E-state index in [4.69, 9.17) is 11.6 Å². The number of rotatable bonds is 6. The van der Waals surface area contributed by atoms with Crippen LogP contribution in [-0.2, 0) is 13.0 Å². The van der Waals surface area contributed by atoms with Crippen molar-refractivity contribution >= 4 is 22.6 Å². The summed E-state index contributed by atoms with van der Waals surface area (Å²) < 4.78 is 15.6. The summed E-state index contributed by atoms with van der Waals surface area (Å²) >= 11 is 5.84. The van der Waals surface area contributed by atoms with Gasteiger partial charge in [0.15, 0.2) is 0 Å². The second-order valence-corrected chi connectivity index (χ2v) is 5.27. The monoisotopic (exact) mass is 282 g/mol. The largest absolute Gasteiger partial charge is 0.328 e. The fraction of sp³-hybridized carbons (Fsp3) is 0.533. The van der Waals surface area contributed by atoms with Crippen molar-refractivity contribution in [3.63, 3.8) is 0 Å². The average Bonchev–Trinajstić information content (AvgIpc) is 2.73. The van der Waals surface area contributed by atoms with Gasteiger partial charge >= 0.3 is 0 Å². The highest BCUT2D eigenvalue weighted by Crippen LogP contribution is 2.22. The van der Waals surface area contributed by atoms with Gasteiger partial charge in [-0.25, -0.2) is 9.37 Å². The van der Waals surface area contributed by atoms with Crippen molar-refractivity contribution in [3.8, 4) is 0 Å². The van der Waals surface area contributed by atoms with Crippen LogP contribution in [0.4, 0.5) is 4.39 Å². The van der Waals surface area contributed by atoms with E-state index >= 15 is 0 Å². The molecule has 0 fully saturated rings. The number of hydrogen-bond donors (Lipinski definition) is 0. The van der Waals surface area contributed by atoms with Crippen LogP contribution in [0.3, 0.4) is 0 Å². The Hall–Kier alpha value is -1.09. The van der Waals surface area contributed by atoms with Gasteiger partial charge in [-0.15, -0.1) is 11.6 Å². The van der Waals surface area contributed by atoms with Gasteiger partial charge in [-0.2, -0.15) is 0 Å². The SMILES string of the molecule is CCC(CC)Cn1c(CCCl)nc2ccc(F)cc21. The first kappa shape index (κ1) is 14.3. The summed E-state index contributed by atoms with van der Waals surface area (Å²) in [7, 11) is 0. The molecule has 0 aliphatic heterocycles. The normalized spacial score (nSPS) is 11.6. The maximum absolute atomic E-state index is 13.4. The fourth-order valence-electron chi connectivity index (χ4n) is 2.43. The number of nitrogens with zero attached hydrogens (tertiary/aromatic N) is 2. The molecular weight excluding hydrogens is 263 g/mol. The van der Waals surface area contributed by atoms with E-state index in [0.717, 1.165) is 42.7 Å². The molecule has 0 saturated carbocycles. The molecule has 104 valence electrons. The van der Waals surface area contributed by atoms with Crippen LogP contribution < -0.4 is 0 Å². The van der Waals surface area contributed by atoms with Crippen molar-refractivity contribution in [3.05, 3.63) is 29.8 Å². The second-order valence-electron chi connectivity index (χ2n) is 4.89. The van der Waals surface area contributed by atoms with Crippen LogP contribution in [0.5, 0.6) is 0 Å². The predicted octanol–water partition coefficient (Wildman–Crippen LogP) is 4.39. The molecule has 0 aliphatic rings. The van der Waals surface area contributed by atoms with E-state index in [9.17, 15) is 4.39 Å². The highest BCUT2D eigenvalue weighted by atomic mass is 35.5. The van der Waals surface area contributed by atoms with E-state index < -0.39 is 0 Å². The number of alkyl halides is 1. The number of fused-ring (bicyclic) bond motifs is 1. The Labute approximate surface area is 118 Å². The Morgan fingerprint density at radius 2 is 2.05 bits per heavy atom. The van der Waals surface area contributed by atoms with Gasteiger partial charge in [0, 0.05) is 18.8 Å². The first-order valence-corrected chi connectivity index (χ1v) is 7.43. The lowest BCUT2D eigenvalue weighted by Crippen LogP contribution is -2.12. The van der Waals surface area contributed by atoms with Gasteiger partial charge in [-0.1, -0.05) is 26.7 Å². The number of aromatic nitrogens is 2. The maximum atomic E-state index is 13.4. The molecule has 2 nitrogen and oxygen atoms in total. The maximum Gasteiger partial charge on any atom is 0.125 e. The third kappa shape index (κ3) is 3.08. The van der Waals surface area contributed by atoms with Gasteiger partial charge < -0.3 is 4.57 Å². The van der Waals surface area contributed by atoms with Crippen molar-refractivity contribution in [2.24, 2.45) is 5.92 Å². The molecule has 0 bridgehead atoms. The van der Waals surface area contributed by atoms with Gasteiger partial charge in [-0.3, -0.25) is 0 Å². The molecule has 0 N–H and O–H groups in total. The molecule has 2 aromatic rings. The molecule has 0 radical (unpaired) electrons. The zero-order valence-corrected chi connectivity index (χ0v) is 12.3. The third-order valence-electron chi connectivity index (χ3n) is 3.70. The topological polar surface area (TPSA) is 17.8 Å². The molecule has 4 heteroatoms. The lowest BCUT2D eigenvalue weighted by molar-refractivity contribution is 0.417. The van der Waals surface area contributed by atoms with Crippen molar-refractivity contribution in [1.29, 1.82) is 0 Å². The highest BCUT2D eigenvalue weighted by molar-refractivity contribution is 6.17. The fourth-order valence-corrected chi connectivity index (χ4v) is 2.60. The van der Waals surface area contributed by atoms with E-state index in [1.807, 2.05) is 0 Å². The Morgan fingerprint density at radius 1 is 1.32 bits per heavy atom. The minimum atomic E-state index is -0.212. The summed E-state index contributed by atoms with van der Waals surface area (Å²) in [5.41, 5.74) is 1.74. The van der Waals surface area contributed by atoms with Gasteiger partial charge in [0.05, 0.1) is 11.0 Å². The second kappa shape index (κ2) is 6.38. The molecule has 0 unspecified atom stereocenters. The van der Waals surface area contributed by atoms with Crippen LogP contribution in [-0.4, -0.2) is 15.4 Å². The molecule has 1 heterocycles. The van der Waals surface area contributed by atoms with E-state index in [1.165, 1.54) is 6.07 Å². The van der Waals surface area contributed by atoms with E-state index in [1.54, 1.807) is 12.1 Å². The van der Waals surface area contributed by atoms with E-state index in [2.05, 4.69) is 23.4 Å². The molecule has 0 aliphatic carbocycles. The Kier molecular flexibility index (Phi) is 4.81. The van der Waals surface area contributed by atoms with E-state index in [0.29, 0.717) is 11.8 Å². The van der Waals surface area contributed by atoms with Crippen molar-refractivity contribution in [1.82, 2.24) is 9.55 Å². The molecule has 0 spiro atoms. The van der Waals surface area contributed by atoms with Gasteiger partial charge in [0.2, 0.25) is 0 Å². The van der Waals surface area contributed by atoms with Crippen LogP contribution in [0.1, 0.15) is 32.5 Å². The minimum absolute atomic E-state index is 0.212. The summed E-state index contributed by atoms with van der Waals surface area (Å²) in [6.07, 6.45) is 2.95. The summed E-state index contributed by atoms with van der Waals surface area (Å²) in [4.78, 5) is 4.58. The third-order valence-corrected chi connectivity index (χ3v) is 3.89. The number of aryl methyl sites for hydroxylation is 1. The van der Waals surface area contributed by atoms with Gasteiger partial charge in [0.25, 0.3) is 0 Å². The summed E-state index contributed by atoms with van der Waals surface area (Å²) in [5, 5.41) is 0. The number of benzene rings is 1. The van der Waals surface area contributed by atoms with Crippen LogP contribution in [0, 0.1) is 11.7 Å². The zero-order valence-electron chi connectivity index (χ0n) is 11.5. The van der Waals surface area contributed by atoms with Crippen LogP contribution in [0.15, 0.2) is 18.2 Å². The average molecular weight is 283 g/mol. The van der Waals surface area contributed by atoms with Crippen LogP contribution >= 0.6 is 11.6 Å². The predicted molar refractivity (Wildman–Crippen MR) is 78.2 cm³/mol. The molecule has 0 atom stereocenters. The quantitative estimate of drug-likeness (QED) is 0.719. The van der Waals surface area contributed by atoms with Crippen LogP contribution in [0.2, 0.25) is 0 Å². The summed E-state index contributed by atoms with van der Waals surface area (Å²) in [5.74, 6) is 1.88. The Bertz CT molecular complexity index is 546. The molecule has 1 aromatic carbocycles. The Balaban J connectivity index is 2.46. The van der Waals surface area contributed by atoms with Crippen molar-refractivity contribution in [2.45, 2.75) is 39.7 Å². The Morgan fingerprint density at radius 3 is 2.68 bits per heavy atom. The van der Waals surface area contributed by atoms with Crippen LogP contribution in [0.25, 0.3) is 11.0 Å². The number of hydrogen-bond acceptors (Lipinski definition) is 1. The molecule has 0 amide bonds. The summed E-state index contributed by atoms with van der Waals surface area (Å²) in [6, 6.07) is 4.77. The summed E-state index contributed by atoms with van der Waals surface area (Å²) in [6.45, 7) is 5.27. The van der Waals surface area contributed by atoms with Crippen molar-refractivity contribution in [2.75, 3.05) is 5.88 Å². The molecule has 2 rings (SSSR count). The molecule has 1 aromatic heterocycles. The van der Waals surface area contributed by atoms with Gasteiger partial charge in [0.1, 0.15) is 11.6 Å². The molecule has 0 saturated heterocycles. The van der Waals surface area contributed by atoms with Crippen molar-refractivity contribution < 1.29 is 4.39 Å². The highest BCUT2D eigenvalue weighted by Gasteiger charge is 2.14. The lowest BCUT2D eigenvalue weighted by Gasteiger charge is -2.16. The van der Waals surface area contributed by atoms with E-state index in [-0.39, 0.29) is 5.82 Å². The number of halogens is 2. The molecular formula is C15H20ClFN2. The van der Waals surface area contributed by atoms with Gasteiger partial charge in [-0.05, 0) is 24.1 Å². The number of imidazole rings is 1. The molecule has 19 heavy (non-hydrogen) atoms. The lowest BCUT2D eigenvalue weighted by atomic mass is 10.0.